The van der Waals surface area contributed by atoms with Gasteiger partial charge in [-0.05, 0) is 0 Å². The minimum absolute atomic E-state index is 0.423. The molecule has 121 valence electrons. The monoisotopic (exact) mass is 424 g/mol. The number of hydrogen-bond donors (Lipinski definition) is 0. The fourth-order valence-electron chi connectivity index (χ4n) is 3.78. The van der Waals surface area contributed by atoms with Gasteiger partial charge in [-0.25, -0.2) is 0 Å². The van der Waals surface area contributed by atoms with E-state index in [2.05, 4.69) is 69.0 Å². The van der Waals surface area contributed by atoms with Crippen LogP contribution in [0.1, 0.15) is 38.8 Å². The maximum absolute atomic E-state index is 6.62. The third-order valence-electron chi connectivity index (χ3n) is 4.55. The Bertz CT molecular complexity index is 717. The number of hydrogen-bond acceptors (Lipinski definition) is 1. The van der Waals surface area contributed by atoms with E-state index in [-0.39, 0.29) is 0 Å². The first-order valence-electron chi connectivity index (χ1n) is 8.12. The van der Waals surface area contributed by atoms with E-state index >= 15 is 0 Å². The van der Waals surface area contributed by atoms with Gasteiger partial charge in [-0.2, -0.15) is 0 Å². The van der Waals surface area contributed by atoms with E-state index < -0.39 is 19.4 Å². The normalized spacial score (nSPS) is 12.5. The molecule has 0 amide bonds. The summed E-state index contributed by atoms with van der Waals surface area (Å²) < 4.78 is 1.27. The Kier molecular flexibility index (Phi) is 5.26. The van der Waals surface area contributed by atoms with Gasteiger partial charge in [0.05, 0.1) is 0 Å². The molecule has 0 fully saturated rings. The van der Waals surface area contributed by atoms with Gasteiger partial charge in [-0.3, -0.25) is 0 Å². The molecule has 4 heteroatoms. The Balaban J connectivity index is 2.20. The summed E-state index contributed by atoms with van der Waals surface area (Å²) in [4.78, 5) is 2.45. The number of halogens is 2. The van der Waals surface area contributed by atoms with Crippen molar-refractivity contribution in [1.29, 1.82) is 0 Å². The van der Waals surface area contributed by atoms with Crippen molar-refractivity contribution in [1.82, 2.24) is 0 Å². The molecule has 0 aromatic heterocycles. The zero-order valence-corrected chi connectivity index (χ0v) is 18.0. The molecule has 1 aliphatic carbocycles. The van der Waals surface area contributed by atoms with Crippen LogP contribution in [0.25, 0.3) is 11.1 Å². The van der Waals surface area contributed by atoms with Gasteiger partial charge in [0, 0.05) is 0 Å². The molecule has 0 aliphatic heterocycles. The predicted molar refractivity (Wildman–Crippen MR) is 98.8 cm³/mol. The van der Waals surface area contributed by atoms with E-state index in [0.29, 0.717) is 12.1 Å². The molecule has 1 aliphatic rings. The summed E-state index contributed by atoms with van der Waals surface area (Å²) in [6.45, 7) is 8.93. The Morgan fingerprint density at radius 2 is 1.57 bits per heavy atom. The topological polar surface area (TPSA) is 3.24 Å². The molecule has 0 unspecified atom stereocenters. The summed E-state index contributed by atoms with van der Waals surface area (Å²) in [6.07, 6.45) is 0.961. The van der Waals surface area contributed by atoms with E-state index in [1.54, 1.807) is 0 Å². The second kappa shape index (κ2) is 6.91. The summed E-state index contributed by atoms with van der Waals surface area (Å²) in [5.74, 6) is 0. The van der Waals surface area contributed by atoms with E-state index in [1.165, 1.54) is 31.2 Å². The van der Waals surface area contributed by atoms with E-state index in [4.69, 9.17) is 17.0 Å². The van der Waals surface area contributed by atoms with Crippen molar-refractivity contribution in [3.8, 4) is 11.1 Å². The van der Waals surface area contributed by atoms with Gasteiger partial charge in [-0.15, -0.1) is 0 Å². The Labute approximate surface area is 154 Å². The number of rotatable bonds is 4. The fourth-order valence-corrected chi connectivity index (χ4v) is 8.38. The van der Waals surface area contributed by atoms with Crippen LogP contribution in [-0.2, 0) is 25.8 Å². The van der Waals surface area contributed by atoms with Crippen molar-refractivity contribution < 1.29 is 19.4 Å². The molecule has 23 heavy (non-hydrogen) atoms. The number of fused-ring (bicyclic) bond motifs is 3. The first-order chi connectivity index (χ1) is 10.9. The van der Waals surface area contributed by atoms with Crippen molar-refractivity contribution in [3.05, 3.63) is 47.5 Å². The van der Waals surface area contributed by atoms with Crippen LogP contribution in [0, 0.1) is 0 Å². The number of benzene rings is 2. The molecular weight excluding hydrogens is 404 g/mol. The van der Waals surface area contributed by atoms with Crippen LogP contribution in [0.4, 0.5) is 5.69 Å². The van der Waals surface area contributed by atoms with E-state index in [9.17, 15) is 0 Å². The van der Waals surface area contributed by atoms with Crippen LogP contribution < -0.4 is 8.17 Å². The van der Waals surface area contributed by atoms with Crippen molar-refractivity contribution in [2.24, 2.45) is 0 Å². The molecule has 3 rings (SSSR count). The quantitative estimate of drug-likeness (QED) is 0.538. The Hall–Kier alpha value is -0.297. The number of anilines is 1. The fraction of sp³-hybridized carbons (Fsp3) is 0.368. The molecule has 0 N–H and O–H groups in total. The molecule has 0 spiro atoms. The second-order valence-corrected chi connectivity index (χ2v) is 14.8. The predicted octanol–water partition coefficient (Wildman–Crippen LogP) is 5.43. The van der Waals surface area contributed by atoms with Gasteiger partial charge in [0.2, 0.25) is 0 Å². The summed E-state index contributed by atoms with van der Waals surface area (Å²) >= 11 is -2.59. The first kappa shape index (κ1) is 17.5. The van der Waals surface area contributed by atoms with Gasteiger partial charge in [-0.1, -0.05) is 0 Å². The van der Waals surface area contributed by atoms with Crippen LogP contribution in [0.3, 0.4) is 0 Å². The van der Waals surface area contributed by atoms with Crippen LogP contribution in [0.15, 0.2) is 36.4 Å². The van der Waals surface area contributed by atoms with Crippen LogP contribution in [0.2, 0.25) is 0 Å². The Morgan fingerprint density at radius 3 is 2.17 bits per heavy atom. The van der Waals surface area contributed by atoms with Gasteiger partial charge in [0.25, 0.3) is 0 Å². The van der Waals surface area contributed by atoms with Gasteiger partial charge in [0.1, 0.15) is 0 Å². The SMILES string of the molecule is CC(C)N(c1ccc2c([c]1[Zr]([Cl])[Cl])Cc1ccccc1-2)C(C)C. The first-order valence-corrected chi connectivity index (χ1v) is 15.7. The zero-order valence-electron chi connectivity index (χ0n) is 14.0. The van der Waals surface area contributed by atoms with Gasteiger partial charge < -0.3 is 0 Å². The van der Waals surface area contributed by atoms with Crippen LogP contribution in [0.5, 0.6) is 0 Å². The Morgan fingerprint density at radius 1 is 0.913 bits per heavy atom. The van der Waals surface area contributed by atoms with Gasteiger partial charge in [0.15, 0.2) is 0 Å². The molecule has 0 bridgehead atoms. The molecule has 0 saturated carbocycles. The number of nitrogens with zero attached hydrogens (tertiary/aromatic N) is 1. The van der Waals surface area contributed by atoms with Gasteiger partial charge >= 0.3 is 155 Å². The standard InChI is InChI=1S/C19H22N.2ClH.Zr/c1-13(2)20(14(3)4)17-9-10-19-16(12-17)11-15-7-5-6-8-18(15)19;;;/h5-10,13-14H,11H2,1-4H3;2*1H;/q;;;+2/p-2. The summed E-state index contributed by atoms with van der Waals surface area (Å²) in [5.41, 5.74) is 6.68. The summed E-state index contributed by atoms with van der Waals surface area (Å²) in [6, 6.07) is 14.0. The van der Waals surface area contributed by atoms with Crippen molar-refractivity contribution >= 4 is 26.0 Å². The third kappa shape index (κ3) is 3.15. The molecule has 2 aromatic rings. The van der Waals surface area contributed by atoms with Crippen LogP contribution >= 0.6 is 17.0 Å². The van der Waals surface area contributed by atoms with E-state index in [0.717, 1.165) is 6.42 Å². The van der Waals surface area contributed by atoms with Crippen LogP contribution in [-0.4, -0.2) is 12.1 Å². The molecule has 0 heterocycles. The van der Waals surface area contributed by atoms with Crippen molar-refractivity contribution in [3.63, 3.8) is 0 Å². The molecule has 0 atom stereocenters. The molecule has 0 radical (unpaired) electrons. The summed E-state index contributed by atoms with van der Waals surface area (Å²) in [7, 11) is 13.2. The molecule has 2 aromatic carbocycles. The molecule has 0 saturated heterocycles. The van der Waals surface area contributed by atoms with Crippen molar-refractivity contribution in [2.45, 2.75) is 46.2 Å². The van der Waals surface area contributed by atoms with Crippen molar-refractivity contribution in [2.75, 3.05) is 4.90 Å². The molecule has 1 nitrogen and oxygen atoms in total. The minimum atomic E-state index is -2.59. The summed E-state index contributed by atoms with van der Waals surface area (Å²) in [5, 5.41) is 0. The zero-order chi connectivity index (χ0) is 16.7. The average Bonchev–Trinajstić information content (AvgIpc) is 2.84. The maximum atomic E-state index is 6.62. The third-order valence-corrected chi connectivity index (χ3v) is 9.08. The van der Waals surface area contributed by atoms with E-state index in [1.807, 2.05) is 0 Å². The average molecular weight is 427 g/mol. The molecular formula is C19H22Cl2NZr. The second-order valence-electron chi connectivity index (χ2n) is 6.67.